The lowest BCUT2D eigenvalue weighted by Gasteiger charge is -2.13. The molecule has 1 aliphatic heterocycles. The Morgan fingerprint density at radius 2 is 2.25 bits per heavy atom. The summed E-state index contributed by atoms with van der Waals surface area (Å²) in [4.78, 5) is 11.5. The van der Waals surface area contributed by atoms with Crippen LogP contribution in [0.2, 0.25) is 0 Å². The summed E-state index contributed by atoms with van der Waals surface area (Å²) in [6.07, 6.45) is 1.21. The maximum Gasteiger partial charge on any atom is 0.254 e. The number of aryl methyl sites for hydroxylation is 1. The molecule has 0 spiro atoms. The number of nitrogens with zero attached hydrogens (tertiary/aromatic N) is 1. The van der Waals surface area contributed by atoms with Crippen molar-refractivity contribution in [2.24, 2.45) is 7.05 Å². The Morgan fingerprint density at radius 3 is 2.81 bits per heavy atom. The van der Waals surface area contributed by atoms with Crippen LogP contribution in [0.3, 0.4) is 0 Å². The molecule has 1 saturated heterocycles. The molecule has 1 aromatic rings. The summed E-state index contributed by atoms with van der Waals surface area (Å²) in [5, 5.41) is 3.22. The highest BCUT2D eigenvalue weighted by atomic mass is 35.5. The van der Waals surface area contributed by atoms with Gasteiger partial charge in [0, 0.05) is 25.4 Å². The molecule has 0 aromatic carbocycles. The van der Waals surface area contributed by atoms with Crippen molar-refractivity contribution in [3.8, 4) is 5.75 Å². The zero-order valence-electron chi connectivity index (χ0n) is 9.53. The molecule has 0 bridgehead atoms. The van der Waals surface area contributed by atoms with Gasteiger partial charge in [0.2, 0.25) is 0 Å². The largest absolute Gasteiger partial charge is 0.489 e. The van der Waals surface area contributed by atoms with E-state index in [1.807, 2.05) is 13.0 Å². The Kier molecular flexibility index (Phi) is 4.38. The summed E-state index contributed by atoms with van der Waals surface area (Å²) in [7, 11) is 1.76. The first-order chi connectivity index (χ1) is 7.16. The number of hydrogen-bond acceptors (Lipinski definition) is 3. The van der Waals surface area contributed by atoms with Gasteiger partial charge in [-0.2, -0.15) is 0 Å². The van der Waals surface area contributed by atoms with Crippen LogP contribution in [0.25, 0.3) is 0 Å². The summed E-state index contributed by atoms with van der Waals surface area (Å²) >= 11 is 0. The molecule has 2 rings (SSSR count). The van der Waals surface area contributed by atoms with E-state index in [4.69, 9.17) is 4.74 Å². The summed E-state index contributed by atoms with van der Waals surface area (Å²) in [6, 6.07) is 3.45. The van der Waals surface area contributed by atoms with Crippen molar-refractivity contribution in [3.63, 3.8) is 0 Å². The van der Waals surface area contributed by atoms with Gasteiger partial charge in [-0.25, -0.2) is 0 Å². The third-order valence-electron chi connectivity index (χ3n) is 2.79. The molecule has 4 nitrogen and oxygen atoms in total. The zero-order chi connectivity index (χ0) is 10.8. The van der Waals surface area contributed by atoms with Gasteiger partial charge in [-0.05, 0) is 26.0 Å². The van der Waals surface area contributed by atoms with Crippen LogP contribution in [0, 0.1) is 6.92 Å². The van der Waals surface area contributed by atoms with Gasteiger partial charge in [0.15, 0.2) is 0 Å². The van der Waals surface area contributed by atoms with E-state index < -0.39 is 0 Å². The van der Waals surface area contributed by atoms with Crippen LogP contribution in [-0.4, -0.2) is 23.8 Å². The molecule has 1 fully saturated rings. The van der Waals surface area contributed by atoms with Crippen LogP contribution in [-0.2, 0) is 7.05 Å². The van der Waals surface area contributed by atoms with Gasteiger partial charge < -0.3 is 14.6 Å². The topological polar surface area (TPSA) is 43.3 Å². The van der Waals surface area contributed by atoms with Crippen LogP contribution in [0.15, 0.2) is 16.9 Å². The maximum atomic E-state index is 11.5. The van der Waals surface area contributed by atoms with E-state index >= 15 is 0 Å². The smallest absolute Gasteiger partial charge is 0.254 e. The first kappa shape index (κ1) is 13.1. The highest BCUT2D eigenvalue weighted by Crippen LogP contribution is 2.14. The Bertz CT molecular complexity index is 411. The van der Waals surface area contributed by atoms with Gasteiger partial charge >= 0.3 is 0 Å². The van der Waals surface area contributed by atoms with Crippen molar-refractivity contribution < 1.29 is 4.74 Å². The van der Waals surface area contributed by atoms with Gasteiger partial charge in [-0.1, -0.05) is 0 Å². The Hall–Kier alpha value is -1.00. The van der Waals surface area contributed by atoms with E-state index in [-0.39, 0.29) is 24.1 Å². The van der Waals surface area contributed by atoms with Crippen LogP contribution >= 0.6 is 12.4 Å². The van der Waals surface area contributed by atoms with Crippen molar-refractivity contribution in [2.45, 2.75) is 19.4 Å². The van der Waals surface area contributed by atoms with Crippen LogP contribution in [0.5, 0.6) is 5.75 Å². The molecule has 0 saturated carbocycles. The second kappa shape index (κ2) is 5.37. The lowest BCUT2D eigenvalue weighted by molar-refractivity contribution is 0.222. The normalized spacial score (nSPS) is 19.2. The summed E-state index contributed by atoms with van der Waals surface area (Å²) in [5.41, 5.74) is 0.902. The summed E-state index contributed by atoms with van der Waals surface area (Å²) in [6.45, 7) is 3.77. The lowest BCUT2D eigenvalue weighted by atomic mass is 10.3. The van der Waals surface area contributed by atoms with E-state index in [1.54, 1.807) is 17.7 Å². The number of hydrogen-bond donors (Lipinski definition) is 1. The molecule has 1 aromatic heterocycles. The van der Waals surface area contributed by atoms with E-state index in [2.05, 4.69) is 5.32 Å². The third-order valence-corrected chi connectivity index (χ3v) is 2.79. The molecule has 2 heterocycles. The standard InChI is InChI=1S/C11H16N2O2.ClH/c1-8-5-10(6-11(14)13(8)2)15-9-3-4-12-7-9;/h5-6,9,12H,3-4,7H2,1-2H3;1H. The number of nitrogens with one attached hydrogen (secondary N) is 1. The van der Waals surface area contributed by atoms with Gasteiger partial charge in [0.25, 0.3) is 5.56 Å². The predicted molar refractivity (Wildman–Crippen MR) is 65.6 cm³/mol. The number of rotatable bonds is 2. The highest BCUT2D eigenvalue weighted by Gasteiger charge is 2.16. The average Bonchev–Trinajstić information content (AvgIpc) is 2.66. The molecule has 1 unspecified atom stereocenters. The Labute approximate surface area is 101 Å². The van der Waals surface area contributed by atoms with Gasteiger partial charge in [0.05, 0.1) is 0 Å². The minimum atomic E-state index is -0.0176. The minimum Gasteiger partial charge on any atom is -0.489 e. The van der Waals surface area contributed by atoms with Crippen molar-refractivity contribution in [1.29, 1.82) is 0 Å². The molecule has 1 atom stereocenters. The predicted octanol–water partition coefficient (Wildman–Crippen LogP) is 0.856. The quantitative estimate of drug-likeness (QED) is 0.839. The number of pyridine rings is 1. The second-order valence-electron chi connectivity index (χ2n) is 3.96. The van der Waals surface area contributed by atoms with Gasteiger partial charge in [-0.15, -0.1) is 12.4 Å². The fourth-order valence-corrected chi connectivity index (χ4v) is 1.73. The maximum absolute atomic E-state index is 11.5. The number of aromatic nitrogens is 1. The van der Waals surface area contributed by atoms with E-state index in [1.165, 1.54) is 0 Å². The third kappa shape index (κ3) is 2.77. The molecule has 1 N–H and O–H groups in total. The number of ether oxygens (including phenoxy) is 1. The zero-order valence-corrected chi connectivity index (χ0v) is 10.3. The molecule has 16 heavy (non-hydrogen) atoms. The molecule has 90 valence electrons. The summed E-state index contributed by atoms with van der Waals surface area (Å²) in [5.74, 6) is 0.685. The SMILES string of the molecule is Cc1cc(OC2CCNC2)cc(=O)n1C.Cl. The fourth-order valence-electron chi connectivity index (χ4n) is 1.73. The molecule has 0 aliphatic carbocycles. The first-order valence-electron chi connectivity index (χ1n) is 5.22. The van der Waals surface area contributed by atoms with Gasteiger partial charge in [-0.3, -0.25) is 4.79 Å². The Morgan fingerprint density at radius 1 is 1.50 bits per heavy atom. The Balaban J connectivity index is 0.00000128. The molecule has 0 radical (unpaired) electrons. The van der Waals surface area contributed by atoms with Gasteiger partial charge in [0.1, 0.15) is 11.9 Å². The number of halogens is 1. The summed E-state index contributed by atoms with van der Waals surface area (Å²) < 4.78 is 7.33. The molecule has 0 amide bonds. The van der Waals surface area contributed by atoms with Crippen molar-refractivity contribution in [1.82, 2.24) is 9.88 Å². The molecular weight excluding hydrogens is 228 g/mol. The fraction of sp³-hybridized carbons (Fsp3) is 0.545. The van der Waals surface area contributed by atoms with E-state index in [9.17, 15) is 4.79 Å². The average molecular weight is 245 g/mol. The first-order valence-corrected chi connectivity index (χ1v) is 5.22. The molecular formula is C11H17ClN2O2. The minimum absolute atomic E-state index is 0. The van der Waals surface area contributed by atoms with Crippen LogP contribution < -0.4 is 15.6 Å². The van der Waals surface area contributed by atoms with E-state index in [0.29, 0.717) is 5.75 Å². The molecule has 1 aliphatic rings. The van der Waals surface area contributed by atoms with Crippen LogP contribution in [0.1, 0.15) is 12.1 Å². The lowest BCUT2D eigenvalue weighted by Crippen LogP contribution is -2.22. The van der Waals surface area contributed by atoms with Crippen molar-refractivity contribution in [2.75, 3.05) is 13.1 Å². The van der Waals surface area contributed by atoms with E-state index in [0.717, 1.165) is 25.2 Å². The van der Waals surface area contributed by atoms with Crippen molar-refractivity contribution in [3.05, 3.63) is 28.2 Å². The monoisotopic (exact) mass is 244 g/mol. The molecule has 5 heteroatoms. The second-order valence-corrected chi connectivity index (χ2v) is 3.96. The highest BCUT2D eigenvalue weighted by molar-refractivity contribution is 5.85. The van der Waals surface area contributed by atoms with Crippen LogP contribution in [0.4, 0.5) is 0 Å². The van der Waals surface area contributed by atoms with Crippen molar-refractivity contribution >= 4 is 12.4 Å².